The van der Waals surface area contributed by atoms with Gasteiger partial charge in [-0.2, -0.15) is 20.1 Å². The van der Waals surface area contributed by atoms with E-state index in [1.165, 1.54) is 6.21 Å². The van der Waals surface area contributed by atoms with E-state index < -0.39 is 0 Å². The molecule has 0 unspecified atom stereocenters. The summed E-state index contributed by atoms with van der Waals surface area (Å²) in [5, 5.41) is 11.1. The van der Waals surface area contributed by atoms with Crippen molar-refractivity contribution in [3.63, 3.8) is 0 Å². The number of aromatic nitrogens is 3. The van der Waals surface area contributed by atoms with Gasteiger partial charge in [-0.15, -0.1) is 0 Å². The van der Waals surface area contributed by atoms with Gasteiger partial charge in [0, 0.05) is 16.3 Å². The number of anilines is 4. The molecule has 11 heteroatoms. The number of hydrogen-bond acceptors (Lipinski definition) is 10. The normalized spacial score (nSPS) is 11.0. The van der Waals surface area contributed by atoms with Gasteiger partial charge in [0.25, 0.3) is 0 Å². The summed E-state index contributed by atoms with van der Waals surface area (Å²) in [6.45, 7) is 0.403. The highest BCUT2D eigenvalue weighted by Crippen LogP contribution is 2.24. The molecular weight excluding hydrogens is 494 g/mol. The fraction of sp³-hybridized carbons (Fsp3) is 0.0769. The largest absolute Gasteiger partial charge is 0.497 e. The molecule has 0 amide bonds. The number of benzene rings is 2. The lowest BCUT2D eigenvalue weighted by Gasteiger charge is -2.10. The Labute approximate surface area is 217 Å². The van der Waals surface area contributed by atoms with Crippen molar-refractivity contribution >= 4 is 41.3 Å². The van der Waals surface area contributed by atoms with Gasteiger partial charge in [-0.3, -0.25) is 0 Å². The zero-order valence-corrected chi connectivity index (χ0v) is 20.4. The number of nitrogens with one attached hydrogen (secondary N) is 3. The maximum absolute atomic E-state index is 6.08. The van der Waals surface area contributed by atoms with Crippen LogP contribution >= 0.6 is 11.6 Å². The summed E-state index contributed by atoms with van der Waals surface area (Å²) < 4.78 is 16.4. The van der Waals surface area contributed by atoms with Gasteiger partial charge in [0.2, 0.25) is 17.8 Å². The summed E-state index contributed by atoms with van der Waals surface area (Å²) in [5.74, 6) is 3.60. The number of furan rings is 2. The number of hydrogen-bond donors (Lipinski definition) is 3. The van der Waals surface area contributed by atoms with Gasteiger partial charge < -0.3 is 24.2 Å². The van der Waals surface area contributed by atoms with Crippen LogP contribution in [0.2, 0.25) is 5.02 Å². The van der Waals surface area contributed by atoms with Crippen molar-refractivity contribution in [3.05, 3.63) is 95.6 Å². The van der Waals surface area contributed by atoms with E-state index in [2.05, 4.69) is 36.1 Å². The summed E-state index contributed by atoms with van der Waals surface area (Å²) >= 11 is 6.08. The van der Waals surface area contributed by atoms with Crippen molar-refractivity contribution in [1.82, 2.24) is 15.0 Å². The Hall–Kier alpha value is -4.83. The highest BCUT2D eigenvalue weighted by Gasteiger charge is 2.09. The van der Waals surface area contributed by atoms with Crippen LogP contribution in [0.15, 0.2) is 93.0 Å². The first-order valence-electron chi connectivity index (χ1n) is 11.2. The molecule has 0 aliphatic rings. The number of hydrazone groups is 1. The third kappa shape index (κ3) is 6.44. The number of halogens is 1. The lowest BCUT2D eigenvalue weighted by Crippen LogP contribution is -2.09. The van der Waals surface area contributed by atoms with Gasteiger partial charge in [0.15, 0.2) is 0 Å². The molecule has 0 radical (unpaired) electrons. The molecule has 3 heterocycles. The van der Waals surface area contributed by atoms with E-state index in [1.807, 2.05) is 72.8 Å². The molecule has 0 fully saturated rings. The SMILES string of the molecule is COc1ccc(Nc2nc(NCc3ccco3)nc(NN=Cc3ccc(-c4cccc(Cl)c4)o3)n2)cc1. The lowest BCUT2D eigenvalue weighted by molar-refractivity contribution is 0.415. The molecule has 10 nitrogen and oxygen atoms in total. The Balaban J connectivity index is 1.31. The summed E-state index contributed by atoms with van der Waals surface area (Å²) in [4.78, 5) is 13.2. The quantitative estimate of drug-likeness (QED) is 0.147. The second kappa shape index (κ2) is 11.3. The predicted molar refractivity (Wildman–Crippen MR) is 143 cm³/mol. The average molecular weight is 516 g/mol. The maximum Gasteiger partial charge on any atom is 0.250 e. The van der Waals surface area contributed by atoms with Crippen molar-refractivity contribution < 1.29 is 13.6 Å². The summed E-state index contributed by atoms with van der Waals surface area (Å²) in [6.07, 6.45) is 3.14. The molecular formula is C26H22ClN7O3. The van der Waals surface area contributed by atoms with Crippen LogP contribution in [0.25, 0.3) is 11.3 Å². The van der Waals surface area contributed by atoms with Crippen LogP contribution in [0.3, 0.4) is 0 Å². The van der Waals surface area contributed by atoms with Gasteiger partial charge in [-0.25, -0.2) is 5.43 Å². The van der Waals surface area contributed by atoms with E-state index in [9.17, 15) is 0 Å². The van der Waals surface area contributed by atoms with Crippen molar-refractivity contribution in [2.45, 2.75) is 6.54 Å². The maximum atomic E-state index is 6.08. The molecule has 0 aliphatic heterocycles. The molecule has 0 aliphatic carbocycles. The Bertz CT molecular complexity index is 1480. The van der Waals surface area contributed by atoms with Crippen LogP contribution in [0.5, 0.6) is 5.75 Å². The Morgan fingerprint density at radius 2 is 1.78 bits per heavy atom. The van der Waals surface area contributed by atoms with Gasteiger partial charge in [-0.1, -0.05) is 23.7 Å². The smallest absolute Gasteiger partial charge is 0.250 e. The van der Waals surface area contributed by atoms with E-state index in [1.54, 1.807) is 13.4 Å². The highest BCUT2D eigenvalue weighted by molar-refractivity contribution is 6.30. The third-order valence-electron chi connectivity index (χ3n) is 5.07. The van der Waals surface area contributed by atoms with E-state index in [-0.39, 0.29) is 5.95 Å². The van der Waals surface area contributed by atoms with E-state index in [4.69, 9.17) is 25.2 Å². The van der Waals surface area contributed by atoms with Gasteiger partial charge in [0.05, 0.1) is 26.1 Å². The van der Waals surface area contributed by atoms with Crippen LogP contribution in [0.4, 0.5) is 23.5 Å². The van der Waals surface area contributed by atoms with Crippen LogP contribution in [-0.4, -0.2) is 28.3 Å². The van der Waals surface area contributed by atoms with Crippen LogP contribution in [0.1, 0.15) is 11.5 Å². The standard InChI is InChI=1S/C26H22ClN7O3/c1-35-20-9-7-19(8-10-20)30-25-31-24(28-15-21-6-3-13-36-21)32-26(33-25)34-29-16-22-11-12-23(37-22)17-4-2-5-18(27)14-17/h2-14,16H,15H2,1H3,(H3,28,30,31,32,33,34). The first kappa shape index (κ1) is 23.9. The Kier molecular flexibility index (Phi) is 7.28. The Morgan fingerprint density at radius 3 is 2.57 bits per heavy atom. The Morgan fingerprint density at radius 1 is 0.946 bits per heavy atom. The predicted octanol–water partition coefficient (Wildman–Crippen LogP) is 6.19. The van der Waals surface area contributed by atoms with E-state index in [0.717, 1.165) is 22.8 Å². The van der Waals surface area contributed by atoms with Gasteiger partial charge in [-0.05, 0) is 60.7 Å². The summed E-state index contributed by atoms with van der Waals surface area (Å²) in [5.41, 5.74) is 4.49. The van der Waals surface area contributed by atoms with E-state index >= 15 is 0 Å². The summed E-state index contributed by atoms with van der Waals surface area (Å²) in [6, 6.07) is 22.2. The minimum Gasteiger partial charge on any atom is -0.497 e. The van der Waals surface area contributed by atoms with Gasteiger partial charge >= 0.3 is 0 Å². The van der Waals surface area contributed by atoms with Crippen molar-refractivity contribution in [3.8, 4) is 17.1 Å². The molecule has 186 valence electrons. The first-order chi connectivity index (χ1) is 18.1. The second-order valence-electron chi connectivity index (χ2n) is 7.68. The lowest BCUT2D eigenvalue weighted by atomic mass is 10.2. The van der Waals surface area contributed by atoms with Crippen LogP contribution in [0, 0.1) is 0 Å². The number of ether oxygens (including phenoxy) is 1. The fourth-order valence-corrected chi connectivity index (χ4v) is 3.51. The molecule has 0 saturated heterocycles. The van der Waals surface area contributed by atoms with Crippen molar-refractivity contribution in [1.29, 1.82) is 0 Å². The number of nitrogens with zero attached hydrogens (tertiary/aromatic N) is 4. The van der Waals surface area contributed by atoms with E-state index in [0.29, 0.717) is 35.0 Å². The highest BCUT2D eigenvalue weighted by atomic mass is 35.5. The van der Waals surface area contributed by atoms with Crippen LogP contribution in [-0.2, 0) is 6.54 Å². The molecule has 2 aromatic carbocycles. The molecule has 5 rings (SSSR count). The monoisotopic (exact) mass is 515 g/mol. The van der Waals surface area contributed by atoms with Crippen molar-refractivity contribution in [2.75, 3.05) is 23.2 Å². The number of methoxy groups -OCH3 is 1. The first-order valence-corrected chi connectivity index (χ1v) is 11.6. The molecule has 3 aromatic heterocycles. The molecule has 0 bridgehead atoms. The van der Waals surface area contributed by atoms with Gasteiger partial charge in [0.1, 0.15) is 23.0 Å². The molecule has 5 aromatic rings. The second-order valence-corrected chi connectivity index (χ2v) is 8.11. The van der Waals surface area contributed by atoms with Crippen molar-refractivity contribution in [2.24, 2.45) is 5.10 Å². The average Bonchev–Trinajstić information content (AvgIpc) is 3.61. The molecule has 0 atom stereocenters. The fourth-order valence-electron chi connectivity index (χ4n) is 3.32. The molecule has 37 heavy (non-hydrogen) atoms. The molecule has 3 N–H and O–H groups in total. The minimum atomic E-state index is 0.228. The van der Waals surface area contributed by atoms with Crippen LogP contribution < -0.4 is 20.8 Å². The molecule has 0 saturated carbocycles. The minimum absolute atomic E-state index is 0.228. The zero-order chi connectivity index (χ0) is 25.5. The third-order valence-corrected chi connectivity index (χ3v) is 5.31. The summed E-state index contributed by atoms with van der Waals surface area (Å²) in [7, 11) is 1.62. The molecule has 0 spiro atoms. The topological polar surface area (TPSA) is 123 Å². The zero-order valence-electron chi connectivity index (χ0n) is 19.7. The number of rotatable bonds is 10.